The third kappa shape index (κ3) is 10.1. The highest BCUT2D eigenvalue weighted by Crippen LogP contribution is 2.61. The number of carbonyl (C=O) groups excluding carboxylic acids is 1. The van der Waals surface area contributed by atoms with E-state index in [0.717, 1.165) is 127 Å². The van der Waals surface area contributed by atoms with Crippen LogP contribution in [-0.4, -0.2) is 72.8 Å². The van der Waals surface area contributed by atoms with Crippen LogP contribution in [0.3, 0.4) is 0 Å². The largest absolute Gasteiger partial charge is 0.504 e. The van der Waals surface area contributed by atoms with Gasteiger partial charge in [0.2, 0.25) is 5.96 Å². The fraction of sp³-hybridized carbons (Fsp3) is 0.673. The maximum absolute atomic E-state index is 15.3. The van der Waals surface area contributed by atoms with Gasteiger partial charge in [0.1, 0.15) is 5.60 Å². The van der Waals surface area contributed by atoms with Crippen molar-refractivity contribution >= 4 is 17.4 Å². The number of nitrogens with zero attached hydrogens (tertiary/aromatic N) is 1. The Kier molecular flexibility index (Phi) is 15.6. The molecule has 11 nitrogen and oxygen atoms in total. The Morgan fingerprint density at radius 3 is 2.56 bits per heavy atom. The molecule has 1 aliphatic heterocycles. The van der Waals surface area contributed by atoms with Crippen LogP contribution in [0.25, 0.3) is 0 Å². The van der Waals surface area contributed by atoms with E-state index < -0.39 is 17.3 Å². The number of nitrogens with one attached hydrogen (secondary N) is 3. The van der Waals surface area contributed by atoms with E-state index in [1.54, 1.807) is 20.2 Å². The number of ether oxygens (including phenoxy) is 3. The Morgan fingerprint density at radius 2 is 1.77 bits per heavy atom. The summed E-state index contributed by atoms with van der Waals surface area (Å²) in [5, 5.41) is 44.1. The summed E-state index contributed by atoms with van der Waals surface area (Å²) in [6.45, 7) is 2.86. The number of anilines is 1. The summed E-state index contributed by atoms with van der Waals surface area (Å²) in [5.41, 5.74) is 1.06. The number of phenols is 2. The Hall–Kier alpha value is -4.24. The highest BCUT2D eigenvalue weighted by Gasteiger charge is 2.55. The molecule has 1 heterocycles. The quantitative estimate of drug-likeness (QED) is 0.0614. The van der Waals surface area contributed by atoms with E-state index in [0.29, 0.717) is 60.8 Å². The number of ketones is 1. The van der Waals surface area contributed by atoms with Gasteiger partial charge in [0, 0.05) is 43.3 Å². The maximum atomic E-state index is 15.3. The first-order valence-corrected chi connectivity index (χ1v) is 25.7. The van der Waals surface area contributed by atoms with E-state index in [1.807, 2.05) is 25.3 Å². The molecule has 6 aliphatic rings. The Balaban J connectivity index is 1.20. The number of carbonyl (C=O) groups is 1. The lowest BCUT2D eigenvalue weighted by atomic mass is 9.54. The molecule has 2 bridgehead atoms. The number of aliphatic imine (C=N–C) groups is 1. The molecule has 6 N–H and O–H groups in total. The zero-order valence-electron chi connectivity index (χ0n) is 40.3. The lowest BCUT2D eigenvalue weighted by Crippen LogP contribution is -2.46. The second-order valence-corrected chi connectivity index (χ2v) is 21.0. The topological polar surface area (TPSA) is 154 Å². The van der Waals surface area contributed by atoms with Crippen LogP contribution in [0.5, 0.6) is 23.0 Å². The summed E-state index contributed by atoms with van der Waals surface area (Å²) in [5.74, 6) is 6.05. The number of aliphatic hydroxyl groups excluding tert-OH is 1. The molecule has 1 spiro atoms. The number of phenolic OH excluding ortho intramolecular Hbond substituents is 2. The fourth-order valence-electron chi connectivity index (χ4n) is 13.9. The number of aromatic hydroxyl groups is 2. The van der Waals surface area contributed by atoms with E-state index in [-0.39, 0.29) is 46.6 Å². The SMILES string of the molecule is CCCC[C@H]1CC[C@H]2CCC[C@]23c2cc(c(O)c(O[C@]4(CNC)CC[C@H](C[C@H](O)OC5CCCCC5)C4)c2)NC(=NC)NC#CC[C@@H]2CCC[C@]2(Cc2ccc(O)c(OC)c2)C(=O)/C=C/[C@H]13. The van der Waals surface area contributed by atoms with Crippen LogP contribution in [0, 0.1) is 47.0 Å². The van der Waals surface area contributed by atoms with Gasteiger partial charge in [-0.2, -0.15) is 0 Å². The minimum absolute atomic E-state index is 0.0310. The third-order valence-electron chi connectivity index (χ3n) is 17.1. The number of guanidine groups is 1. The highest BCUT2D eigenvalue weighted by molar-refractivity contribution is 5.97. The van der Waals surface area contributed by atoms with Crippen molar-refractivity contribution in [1.82, 2.24) is 10.6 Å². The maximum Gasteiger partial charge on any atom is 0.207 e. The second kappa shape index (κ2) is 21.4. The number of hydrogen-bond donors (Lipinski definition) is 6. The molecule has 2 aromatic rings. The zero-order chi connectivity index (χ0) is 46.3. The van der Waals surface area contributed by atoms with Gasteiger partial charge < -0.3 is 40.2 Å². The van der Waals surface area contributed by atoms with E-state index in [1.165, 1.54) is 6.42 Å². The fourth-order valence-corrected chi connectivity index (χ4v) is 13.9. The predicted molar refractivity (Wildman–Crippen MR) is 261 cm³/mol. The van der Waals surface area contributed by atoms with Crippen LogP contribution < -0.4 is 25.4 Å². The summed E-state index contributed by atoms with van der Waals surface area (Å²) < 4.78 is 18.9. The van der Waals surface area contributed by atoms with Gasteiger partial charge in [-0.1, -0.05) is 69.9 Å². The number of unbranched alkanes of at least 4 members (excludes halogenated alkanes) is 1. The molecule has 66 heavy (non-hydrogen) atoms. The first kappa shape index (κ1) is 48.2. The van der Waals surface area contributed by atoms with Gasteiger partial charge in [0.15, 0.2) is 35.1 Å². The molecule has 0 aromatic heterocycles. The summed E-state index contributed by atoms with van der Waals surface area (Å²) in [6.07, 6.45) is 24.6. The lowest BCUT2D eigenvalue weighted by Gasteiger charge is -2.50. The van der Waals surface area contributed by atoms with Gasteiger partial charge in [-0.05, 0) is 162 Å². The number of likely N-dealkylation sites (N-methyl/N-ethyl adjacent to an activating group) is 1. The Labute approximate surface area is 394 Å². The average molecular weight is 907 g/mol. The molecule has 0 amide bonds. The van der Waals surface area contributed by atoms with Crippen molar-refractivity contribution in [3.05, 3.63) is 53.6 Å². The summed E-state index contributed by atoms with van der Waals surface area (Å²) >= 11 is 0. The van der Waals surface area contributed by atoms with Crippen LogP contribution in [0.1, 0.15) is 153 Å². The molecule has 0 unspecified atom stereocenters. The smallest absolute Gasteiger partial charge is 0.207 e. The molecule has 9 atom stereocenters. The number of fused-ring (bicyclic) bond motifs is 3. The molecule has 0 saturated heterocycles. The summed E-state index contributed by atoms with van der Waals surface area (Å²) in [7, 11) is 5.22. The van der Waals surface area contributed by atoms with E-state index in [4.69, 9.17) is 14.2 Å². The first-order chi connectivity index (χ1) is 32.0. The van der Waals surface area contributed by atoms with Crippen LogP contribution in [0.4, 0.5) is 5.69 Å². The molecule has 5 saturated carbocycles. The van der Waals surface area contributed by atoms with Crippen molar-refractivity contribution in [3.8, 4) is 35.0 Å². The van der Waals surface area contributed by atoms with Crippen molar-refractivity contribution in [1.29, 1.82) is 0 Å². The zero-order valence-corrected chi connectivity index (χ0v) is 40.3. The number of aliphatic hydroxyl groups is 1. The van der Waals surface area contributed by atoms with Crippen LogP contribution in [-0.2, 0) is 21.4 Å². The first-order valence-electron chi connectivity index (χ1n) is 25.7. The molecular formula is C55H78N4O7. The molecule has 8 rings (SSSR count). The third-order valence-corrected chi connectivity index (χ3v) is 17.1. The molecule has 5 fully saturated rings. The van der Waals surface area contributed by atoms with Crippen molar-refractivity contribution in [2.45, 2.75) is 172 Å². The van der Waals surface area contributed by atoms with Gasteiger partial charge in [-0.25, -0.2) is 0 Å². The monoisotopic (exact) mass is 907 g/mol. The lowest BCUT2D eigenvalue weighted by molar-refractivity contribution is -0.152. The number of benzene rings is 2. The molecule has 0 radical (unpaired) electrons. The summed E-state index contributed by atoms with van der Waals surface area (Å²) in [4.78, 5) is 19.9. The molecule has 11 heteroatoms. The van der Waals surface area contributed by atoms with Crippen LogP contribution >= 0.6 is 0 Å². The van der Waals surface area contributed by atoms with Gasteiger partial charge in [0.05, 0.1) is 18.9 Å². The van der Waals surface area contributed by atoms with Gasteiger partial charge in [0.25, 0.3) is 0 Å². The predicted octanol–water partition coefficient (Wildman–Crippen LogP) is 10.1. The molecule has 2 aromatic carbocycles. The van der Waals surface area contributed by atoms with Gasteiger partial charge in [-0.3, -0.25) is 15.1 Å². The van der Waals surface area contributed by atoms with E-state index in [9.17, 15) is 15.3 Å². The standard InChI is InChI=1S/C55H78N4O7/c1-5-6-13-39-20-21-41-15-11-27-55(41)42-32-45(51(63)48(33-42)66-53(36-56-2)28-25-38(34-53)31-50(62)65-43-17-8-7-9-18-43)59-52(57-3)58-29-12-16-40-14-10-26-54(40,49(61)24-22-44(39)55)35-37-19-23-46(60)47(30-37)64-4/h19,22-24,30,32-33,38-41,43-44,50,56,60,62-63H,5-11,13-18,20-21,25-28,31,34-36H2,1-4H3,(H2,57,58,59)/b24-22+/t38-,39+,40+,41-,44-,50-,53-,54-,55-/m1/s1. The van der Waals surface area contributed by atoms with Gasteiger partial charge in [-0.15, -0.1) is 0 Å². The number of rotatable bonds is 14. The highest BCUT2D eigenvalue weighted by atomic mass is 16.6. The van der Waals surface area contributed by atoms with Gasteiger partial charge >= 0.3 is 0 Å². The molecular weight excluding hydrogens is 829 g/mol. The van der Waals surface area contributed by atoms with Crippen molar-refractivity contribution in [3.63, 3.8) is 0 Å². The van der Waals surface area contributed by atoms with Crippen molar-refractivity contribution < 1.29 is 34.3 Å². The van der Waals surface area contributed by atoms with Crippen LogP contribution in [0.15, 0.2) is 47.5 Å². The van der Waals surface area contributed by atoms with E-state index in [2.05, 4.69) is 58.0 Å². The minimum atomic E-state index is -0.799. The number of methoxy groups -OCH3 is 1. The van der Waals surface area contributed by atoms with Crippen molar-refractivity contribution in [2.75, 3.05) is 33.1 Å². The van der Waals surface area contributed by atoms with E-state index >= 15 is 4.79 Å². The average Bonchev–Trinajstić information content (AvgIpc) is 4.05. The Morgan fingerprint density at radius 1 is 0.955 bits per heavy atom. The molecule has 5 aliphatic carbocycles. The molecule has 360 valence electrons. The number of allylic oxidation sites excluding steroid dienone is 2. The Bertz CT molecular complexity index is 2120. The minimum Gasteiger partial charge on any atom is -0.504 e. The normalized spacial score (nSPS) is 32.8. The summed E-state index contributed by atoms with van der Waals surface area (Å²) in [6, 6.07) is 12.9. The second-order valence-electron chi connectivity index (χ2n) is 21.0. The van der Waals surface area contributed by atoms with Crippen LogP contribution in [0.2, 0.25) is 0 Å². The van der Waals surface area contributed by atoms with Crippen molar-refractivity contribution in [2.24, 2.45) is 40.0 Å². The number of hydrogen-bond acceptors (Lipinski definition) is 9.